The molecule has 1 N–H and O–H groups in total. The van der Waals surface area contributed by atoms with Crippen molar-refractivity contribution in [2.24, 2.45) is 5.92 Å². The van der Waals surface area contributed by atoms with E-state index >= 15 is 0 Å². The maximum absolute atomic E-state index is 11.5. The summed E-state index contributed by atoms with van der Waals surface area (Å²) in [5.41, 5.74) is 0. The molecule has 0 aliphatic carbocycles. The Morgan fingerprint density at radius 2 is 2.42 bits per heavy atom. The van der Waals surface area contributed by atoms with Gasteiger partial charge < -0.3 is 10.2 Å². The molecule has 1 heterocycles. The first-order valence-electron chi connectivity index (χ1n) is 4.66. The highest BCUT2D eigenvalue weighted by atomic mass is 16.1. The fourth-order valence-electron chi connectivity index (χ4n) is 1.59. The second kappa shape index (κ2) is 4.58. The van der Waals surface area contributed by atoms with Crippen LogP contribution in [0.25, 0.3) is 0 Å². The first kappa shape index (κ1) is 9.68. The average Bonchev–Trinajstić information content (AvgIpc) is 2.47. The van der Waals surface area contributed by atoms with Crippen LogP contribution in [0.2, 0.25) is 0 Å². The first-order chi connectivity index (χ1) is 5.74. The number of carbonyl (C=O) groups excluding carboxylic acids is 1. The van der Waals surface area contributed by atoms with E-state index < -0.39 is 0 Å². The number of hydrogen-bond donors (Lipinski definition) is 1. The third-order valence-electron chi connectivity index (χ3n) is 2.40. The van der Waals surface area contributed by atoms with Gasteiger partial charge in [-0.2, -0.15) is 0 Å². The third kappa shape index (κ3) is 2.57. The van der Waals surface area contributed by atoms with Gasteiger partial charge in [-0.05, 0) is 26.6 Å². The summed E-state index contributed by atoms with van der Waals surface area (Å²) in [6.45, 7) is 5.48. The van der Waals surface area contributed by atoms with E-state index in [9.17, 15) is 4.79 Å². The van der Waals surface area contributed by atoms with Crippen molar-refractivity contribution in [1.82, 2.24) is 10.2 Å². The molecular weight excluding hydrogens is 152 g/mol. The van der Waals surface area contributed by atoms with Crippen molar-refractivity contribution in [3.63, 3.8) is 0 Å². The van der Waals surface area contributed by atoms with Crippen LogP contribution in [0.4, 0.5) is 0 Å². The van der Waals surface area contributed by atoms with Crippen LogP contribution in [0.5, 0.6) is 0 Å². The summed E-state index contributed by atoms with van der Waals surface area (Å²) in [5, 5.41) is 3.07. The van der Waals surface area contributed by atoms with E-state index in [-0.39, 0.29) is 5.92 Å². The van der Waals surface area contributed by atoms with Crippen LogP contribution >= 0.6 is 0 Å². The molecule has 0 radical (unpaired) electrons. The van der Waals surface area contributed by atoms with Crippen LogP contribution in [0, 0.1) is 5.92 Å². The number of Topliss-reactive ketones (excluding diaryl/α,β-unsaturated/α-hetero) is 1. The van der Waals surface area contributed by atoms with E-state index in [1.807, 2.05) is 6.92 Å². The van der Waals surface area contributed by atoms with Crippen LogP contribution in [-0.2, 0) is 4.79 Å². The second-order valence-corrected chi connectivity index (χ2v) is 3.49. The summed E-state index contributed by atoms with van der Waals surface area (Å²) in [6, 6.07) is 0. The Labute approximate surface area is 74.1 Å². The molecule has 3 heteroatoms. The molecule has 3 nitrogen and oxygen atoms in total. The highest BCUT2D eigenvalue weighted by Crippen LogP contribution is 2.14. The van der Waals surface area contributed by atoms with Gasteiger partial charge in [0.15, 0.2) is 5.78 Å². The van der Waals surface area contributed by atoms with Gasteiger partial charge in [0.25, 0.3) is 0 Å². The second-order valence-electron chi connectivity index (χ2n) is 3.49. The van der Waals surface area contributed by atoms with E-state index in [2.05, 4.69) is 17.3 Å². The van der Waals surface area contributed by atoms with Crippen molar-refractivity contribution in [2.75, 3.05) is 33.2 Å². The van der Waals surface area contributed by atoms with Crippen molar-refractivity contribution < 1.29 is 4.79 Å². The molecule has 1 aliphatic heterocycles. The minimum absolute atomic E-state index is 0.286. The molecule has 0 bridgehead atoms. The summed E-state index contributed by atoms with van der Waals surface area (Å²) < 4.78 is 0. The highest BCUT2D eigenvalue weighted by molar-refractivity contribution is 5.83. The fraction of sp³-hybridized carbons (Fsp3) is 0.889. The smallest absolute Gasteiger partial charge is 0.151 e. The number of likely N-dealkylation sites (N-methyl/N-ethyl adjacent to an activating group) is 1. The zero-order valence-corrected chi connectivity index (χ0v) is 7.97. The molecule has 1 aliphatic rings. The van der Waals surface area contributed by atoms with E-state index in [4.69, 9.17) is 0 Å². The minimum Gasteiger partial charge on any atom is -0.310 e. The first-order valence-corrected chi connectivity index (χ1v) is 4.66. The summed E-state index contributed by atoms with van der Waals surface area (Å²) in [6.07, 6.45) is 1.04. The van der Waals surface area contributed by atoms with Gasteiger partial charge in [0, 0.05) is 12.5 Å². The molecule has 0 saturated carbocycles. The topological polar surface area (TPSA) is 32.3 Å². The standard InChI is InChI=1S/C9H18N2O/c1-3-10-6-9(12)8-4-5-11(2)7-8/h8,10H,3-7H2,1-2H3. The SMILES string of the molecule is CCNCC(=O)C1CCN(C)C1. The van der Waals surface area contributed by atoms with Gasteiger partial charge in [-0.25, -0.2) is 0 Å². The molecule has 0 aromatic heterocycles. The van der Waals surface area contributed by atoms with Gasteiger partial charge in [-0.15, -0.1) is 0 Å². The molecule has 12 heavy (non-hydrogen) atoms. The van der Waals surface area contributed by atoms with Crippen molar-refractivity contribution >= 4 is 5.78 Å². The van der Waals surface area contributed by atoms with Crippen molar-refractivity contribution in [1.29, 1.82) is 0 Å². The largest absolute Gasteiger partial charge is 0.310 e. The third-order valence-corrected chi connectivity index (χ3v) is 2.40. The Balaban J connectivity index is 2.23. The van der Waals surface area contributed by atoms with Crippen molar-refractivity contribution in [2.45, 2.75) is 13.3 Å². The molecule has 70 valence electrons. The Morgan fingerprint density at radius 3 is 2.92 bits per heavy atom. The maximum atomic E-state index is 11.5. The maximum Gasteiger partial charge on any atom is 0.151 e. The van der Waals surface area contributed by atoms with Crippen molar-refractivity contribution in [3.8, 4) is 0 Å². The summed E-state index contributed by atoms with van der Waals surface area (Å²) in [5.74, 6) is 0.662. The number of likely N-dealkylation sites (tertiary alicyclic amines) is 1. The zero-order valence-electron chi connectivity index (χ0n) is 7.97. The van der Waals surface area contributed by atoms with E-state index in [0.29, 0.717) is 12.3 Å². The molecule has 0 amide bonds. The van der Waals surface area contributed by atoms with Gasteiger partial charge in [-0.3, -0.25) is 4.79 Å². The number of carbonyl (C=O) groups is 1. The Hall–Kier alpha value is -0.410. The fourth-order valence-corrected chi connectivity index (χ4v) is 1.59. The molecule has 0 spiro atoms. The molecule has 1 rings (SSSR count). The number of nitrogens with one attached hydrogen (secondary N) is 1. The Morgan fingerprint density at radius 1 is 1.67 bits per heavy atom. The Kier molecular flexibility index (Phi) is 3.69. The van der Waals surface area contributed by atoms with Crippen LogP contribution in [0.15, 0.2) is 0 Å². The van der Waals surface area contributed by atoms with E-state index in [1.165, 1.54) is 0 Å². The van der Waals surface area contributed by atoms with Gasteiger partial charge in [0.05, 0.1) is 6.54 Å². The van der Waals surface area contributed by atoms with E-state index in [0.717, 1.165) is 26.1 Å². The molecule has 1 unspecified atom stereocenters. The Bertz CT molecular complexity index is 159. The predicted octanol–water partition coefficient (Wildman–Crippen LogP) is 0.117. The van der Waals surface area contributed by atoms with Gasteiger partial charge in [0.2, 0.25) is 0 Å². The molecule has 1 fully saturated rings. The van der Waals surface area contributed by atoms with Gasteiger partial charge in [-0.1, -0.05) is 6.92 Å². The van der Waals surface area contributed by atoms with Crippen LogP contribution in [0.1, 0.15) is 13.3 Å². The van der Waals surface area contributed by atoms with Gasteiger partial charge >= 0.3 is 0 Å². The molecular formula is C9H18N2O. The lowest BCUT2D eigenvalue weighted by Gasteiger charge is -2.09. The number of rotatable bonds is 4. The van der Waals surface area contributed by atoms with Crippen LogP contribution in [-0.4, -0.2) is 43.9 Å². The minimum atomic E-state index is 0.286. The van der Waals surface area contributed by atoms with Crippen molar-refractivity contribution in [3.05, 3.63) is 0 Å². The average molecular weight is 170 g/mol. The van der Waals surface area contributed by atoms with E-state index in [1.54, 1.807) is 0 Å². The predicted molar refractivity (Wildman–Crippen MR) is 49.2 cm³/mol. The zero-order chi connectivity index (χ0) is 8.97. The molecule has 1 atom stereocenters. The summed E-state index contributed by atoms with van der Waals surface area (Å²) >= 11 is 0. The molecule has 0 aromatic carbocycles. The highest BCUT2D eigenvalue weighted by Gasteiger charge is 2.24. The summed E-state index contributed by atoms with van der Waals surface area (Å²) in [7, 11) is 2.07. The van der Waals surface area contributed by atoms with Crippen LogP contribution < -0.4 is 5.32 Å². The quantitative estimate of drug-likeness (QED) is 0.650. The lowest BCUT2D eigenvalue weighted by molar-refractivity contribution is -0.121. The number of hydrogen-bond acceptors (Lipinski definition) is 3. The monoisotopic (exact) mass is 170 g/mol. The number of nitrogens with zero attached hydrogens (tertiary/aromatic N) is 1. The molecule has 0 aromatic rings. The summed E-state index contributed by atoms with van der Waals surface area (Å²) in [4.78, 5) is 13.7. The van der Waals surface area contributed by atoms with Crippen LogP contribution in [0.3, 0.4) is 0 Å². The number of ketones is 1. The lowest BCUT2D eigenvalue weighted by Crippen LogP contribution is -2.29. The van der Waals surface area contributed by atoms with Gasteiger partial charge in [0.1, 0.15) is 0 Å². The normalized spacial score (nSPS) is 24.7. The molecule has 1 saturated heterocycles. The lowest BCUT2D eigenvalue weighted by atomic mass is 10.0.